The van der Waals surface area contributed by atoms with Gasteiger partial charge in [0.25, 0.3) is 0 Å². The average molecular weight is 362 g/mol. The molecule has 1 saturated heterocycles. The molecule has 136 valence electrons. The first-order valence-corrected chi connectivity index (χ1v) is 9.46. The number of anilines is 1. The van der Waals surface area contributed by atoms with Gasteiger partial charge in [-0.3, -0.25) is 9.59 Å². The van der Waals surface area contributed by atoms with E-state index in [9.17, 15) is 9.59 Å². The number of carbonyl (C=O) groups is 2. The Morgan fingerprint density at radius 1 is 1.28 bits per heavy atom. The Balaban J connectivity index is 1.62. The molecular weight excluding hydrogens is 336 g/mol. The highest BCUT2D eigenvalue weighted by Gasteiger charge is 2.29. The zero-order valence-corrected chi connectivity index (χ0v) is 16.0. The maximum Gasteiger partial charge on any atom is 0.247 e. The van der Waals surface area contributed by atoms with Crippen LogP contribution in [0.1, 0.15) is 10.4 Å². The van der Waals surface area contributed by atoms with Gasteiger partial charge in [-0.15, -0.1) is 11.3 Å². The van der Waals surface area contributed by atoms with Gasteiger partial charge in [0.05, 0.1) is 5.00 Å². The normalized spacial score (nSPS) is 19.1. The number of fused-ring (bicyclic) bond motifs is 1. The summed E-state index contributed by atoms with van der Waals surface area (Å²) < 4.78 is 0. The van der Waals surface area contributed by atoms with Gasteiger partial charge < -0.3 is 19.6 Å². The molecule has 25 heavy (non-hydrogen) atoms. The Morgan fingerprint density at radius 3 is 2.80 bits per heavy atom. The summed E-state index contributed by atoms with van der Waals surface area (Å²) >= 11 is 1.72. The molecule has 6 nitrogen and oxygen atoms in total. The predicted molar refractivity (Wildman–Crippen MR) is 101 cm³/mol. The van der Waals surface area contributed by atoms with Crippen LogP contribution >= 0.6 is 11.3 Å². The number of likely N-dealkylation sites (N-methyl/N-ethyl adjacent to an activating group) is 2. The molecule has 0 atom stereocenters. The van der Waals surface area contributed by atoms with Crippen molar-refractivity contribution in [2.24, 2.45) is 0 Å². The fraction of sp³-hybridized carbons (Fsp3) is 0.556. The van der Waals surface area contributed by atoms with Crippen LogP contribution in [0.2, 0.25) is 0 Å². The molecule has 0 N–H and O–H groups in total. The third-order valence-electron chi connectivity index (χ3n) is 4.59. The van der Waals surface area contributed by atoms with Crippen molar-refractivity contribution in [3.05, 3.63) is 28.7 Å². The van der Waals surface area contributed by atoms with Crippen molar-refractivity contribution in [3.8, 4) is 0 Å². The van der Waals surface area contributed by atoms with E-state index in [2.05, 4.69) is 18.0 Å². The quantitative estimate of drug-likeness (QED) is 0.751. The van der Waals surface area contributed by atoms with Crippen molar-refractivity contribution in [2.75, 3.05) is 58.8 Å². The zero-order chi connectivity index (χ0) is 18.0. The lowest BCUT2D eigenvalue weighted by molar-refractivity contribution is -0.133. The van der Waals surface area contributed by atoms with E-state index in [1.54, 1.807) is 22.3 Å². The summed E-state index contributed by atoms with van der Waals surface area (Å²) in [5.74, 6) is -0.0745. The van der Waals surface area contributed by atoms with Gasteiger partial charge >= 0.3 is 0 Å². The molecule has 1 aromatic rings. The van der Waals surface area contributed by atoms with Crippen molar-refractivity contribution in [3.63, 3.8) is 0 Å². The Bertz CT molecular complexity index is 683. The number of carbonyl (C=O) groups excluding carboxylic acids is 2. The molecule has 3 heterocycles. The summed E-state index contributed by atoms with van der Waals surface area (Å²) in [7, 11) is 6.03. The second-order valence-electron chi connectivity index (χ2n) is 6.99. The molecule has 0 saturated carbocycles. The van der Waals surface area contributed by atoms with Crippen LogP contribution in [0, 0.1) is 0 Å². The summed E-state index contributed by atoms with van der Waals surface area (Å²) in [5.41, 5.74) is 1.37. The lowest BCUT2D eigenvalue weighted by Crippen LogP contribution is -2.51. The molecule has 2 aliphatic heterocycles. The van der Waals surface area contributed by atoms with Crippen LogP contribution in [-0.2, 0) is 22.6 Å². The van der Waals surface area contributed by atoms with Crippen molar-refractivity contribution in [2.45, 2.75) is 13.0 Å². The van der Waals surface area contributed by atoms with E-state index in [1.165, 1.54) is 10.4 Å². The summed E-state index contributed by atoms with van der Waals surface area (Å²) in [6.07, 6.45) is 4.46. The Kier molecular flexibility index (Phi) is 5.56. The highest BCUT2D eigenvalue weighted by molar-refractivity contribution is 7.16. The summed E-state index contributed by atoms with van der Waals surface area (Å²) in [6.45, 7) is 4.06. The highest BCUT2D eigenvalue weighted by Crippen LogP contribution is 2.34. The molecule has 2 aliphatic rings. The van der Waals surface area contributed by atoms with Crippen LogP contribution in [0.4, 0.5) is 5.00 Å². The van der Waals surface area contributed by atoms with E-state index in [1.807, 2.05) is 30.0 Å². The topological polar surface area (TPSA) is 47.1 Å². The number of amides is 2. The third-order valence-corrected chi connectivity index (χ3v) is 5.77. The fourth-order valence-electron chi connectivity index (χ4n) is 3.13. The number of thiophene rings is 1. The molecule has 1 fully saturated rings. The van der Waals surface area contributed by atoms with Gasteiger partial charge in [0.15, 0.2) is 0 Å². The van der Waals surface area contributed by atoms with E-state index >= 15 is 0 Å². The first kappa shape index (κ1) is 18.1. The lowest BCUT2D eigenvalue weighted by Gasteiger charge is -2.33. The van der Waals surface area contributed by atoms with Gasteiger partial charge in [0.1, 0.15) is 6.54 Å². The SMILES string of the molecule is CN(C)C/C=C/C(=O)N1CCN(c2cc3c(s2)CN(C)CC3)C(=O)C1. The van der Waals surface area contributed by atoms with Gasteiger partial charge in [-0.2, -0.15) is 0 Å². The van der Waals surface area contributed by atoms with Crippen LogP contribution in [0.3, 0.4) is 0 Å². The fourth-order valence-corrected chi connectivity index (χ4v) is 4.46. The molecule has 0 spiro atoms. The molecule has 2 amide bonds. The average Bonchev–Trinajstić information content (AvgIpc) is 2.96. The van der Waals surface area contributed by atoms with E-state index in [0.29, 0.717) is 13.1 Å². The Labute approximate surface area is 153 Å². The van der Waals surface area contributed by atoms with Crippen LogP contribution < -0.4 is 4.90 Å². The molecule has 0 unspecified atom stereocenters. The maximum absolute atomic E-state index is 12.6. The Hall–Kier alpha value is -1.70. The molecule has 1 aromatic heterocycles. The number of hydrogen-bond acceptors (Lipinski definition) is 5. The molecule has 3 rings (SSSR count). The van der Waals surface area contributed by atoms with Gasteiger partial charge in [-0.1, -0.05) is 6.08 Å². The van der Waals surface area contributed by atoms with Crippen LogP contribution in [-0.4, -0.2) is 80.4 Å². The van der Waals surface area contributed by atoms with Crippen molar-refractivity contribution in [1.29, 1.82) is 0 Å². The van der Waals surface area contributed by atoms with Gasteiger partial charge in [0, 0.05) is 43.7 Å². The minimum absolute atomic E-state index is 0.00700. The highest BCUT2D eigenvalue weighted by atomic mass is 32.1. The third kappa shape index (κ3) is 4.29. The molecule has 0 radical (unpaired) electrons. The lowest BCUT2D eigenvalue weighted by atomic mass is 10.1. The van der Waals surface area contributed by atoms with Crippen molar-refractivity contribution < 1.29 is 9.59 Å². The number of piperazine rings is 1. The zero-order valence-electron chi connectivity index (χ0n) is 15.2. The van der Waals surface area contributed by atoms with Gasteiger partial charge in [-0.05, 0) is 39.2 Å². The van der Waals surface area contributed by atoms with E-state index in [0.717, 1.165) is 31.1 Å². The molecular formula is C18H26N4O2S. The second kappa shape index (κ2) is 7.68. The maximum atomic E-state index is 12.6. The van der Waals surface area contributed by atoms with E-state index < -0.39 is 0 Å². The number of hydrogen-bond donors (Lipinski definition) is 0. The standard InChI is InChI=1S/C18H26N4O2S/c1-19(2)7-4-5-16(23)21-9-10-22(17(24)13-21)18-11-14-6-8-20(3)12-15(14)25-18/h4-5,11H,6-10,12-13H2,1-3H3/b5-4+. The Morgan fingerprint density at radius 2 is 2.08 bits per heavy atom. The van der Waals surface area contributed by atoms with Gasteiger partial charge in [-0.25, -0.2) is 0 Å². The molecule has 0 aromatic carbocycles. The number of rotatable bonds is 4. The van der Waals surface area contributed by atoms with Crippen LogP contribution in [0.25, 0.3) is 0 Å². The molecule has 7 heteroatoms. The molecule has 0 bridgehead atoms. The monoisotopic (exact) mass is 362 g/mol. The van der Waals surface area contributed by atoms with Crippen LogP contribution in [0.5, 0.6) is 0 Å². The largest absolute Gasteiger partial charge is 0.328 e. The minimum Gasteiger partial charge on any atom is -0.328 e. The summed E-state index contributed by atoms with van der Waals surface area (Å²) in [5, 5.41) is 1.03. The summed E-state index contributed by atoms with van der Waals surface area (Å²) in [4.78, 5) is 33.9. The van der Waals surface area contributed by atoms with Crippen molar-refractivity contribution in [1.82, 2.24) is 14.7 Å². The van der Waals surface area contributed by atoms with E-state index in [-0.39, 0.29) is 18.4 Å². The van der Waals surface area contributed by atoms with Crippen LogP contribution in [0.15, 0.2) is 18.2 Å². The van der Waals surface area contributed by atoms with E-state index in [4.69, 9.17) is 0 Å². The minimum atomic E-state index is -0.0815. The van der Waals surface area contributed by atoms with Crippen molar-refractivity contribution >= 4 is 28.2 Å². The first-order valence-electron chi connectivity index (χ1n) is 8.64. The first-order chi connectivity index (χ1) is 11.9. The summed E-state index contributed by atoms with van der Waals surface area (Å²) in [6, 6.07) is 2.17. The smallest absolute Gasteiger partial charge is 0.247 e. The van der Waals surface area contributed by atoms with Gasteiger partial charge in [0.2, 0.25) is 11.8 Å². The molecule has 0 aliphatic carbocycles. The number of nitrogens with zero attached hydrogens (tertiary/aromatic N) is 4. The second-order valence-corrected chi connectivity index (χ2v) is 8.11. The predicted octanol–water partition coefficient (Wildman–Crippen LogP) is 1.03.